The summed E-state index contributed by atoms with van der Waals surface area (Å²) in [5, 5.41) is 24.2. The molecular weight excluding hydrogens is 536 g/mol. The highest BCUT2D eigenvalue weighted by molar-refractivity contribution is 8.03. The first-order valence-electron chi connectivity index (χ1n) is 13.9. The second-order valence-corrected chi connectivity index (χ2v) is 13.6. The summed E-state index contributed by atoms with van der Waals surface area (Å²) in [6.07, 6.45) is 3.01. The topological polar surface area (TPSA) is 177 Å². The Kier molecular flexibility index (Phi) is 7.79. The lowest BCUT2D eigenvalue weighted by atomic mass is 9.73. The van der Waals surface area contributed by atoms with Gasteiger partial charge >= 0.3 is 5.97 Å². The Balaban J connectivity index is 1.21. The smallest absolute Gasteiger partial charge is 0.353 e. The zero-order valence-electron chi connectivity index (χ0n) is 23.3. The van der Waals surface area contributed by atoms with Crippen molar-refractivity contribution >= 4 is 35.3 Å². The van der Waals surface area contributed by atoms with E-state index in [9.17, 15) is 24.3 Å². The molecule has 0 radical (unpaired) electrons. The number of thioether (sulfide) groups is 1. The van der Waals surface area contributed by atoms with E-state index in [1.807, 2.05) is 32.6 Å². The van der Waals surface area contributed by atoms with Gasteiger partial charge in [-0.1, -0.05) is 13.8 Å². The SMILES string of the molecule is C[C@@H](CC(=O)Cn1cnnn1)[C@H]1C(=O)N2C(C(=O)O)=C(S[C@@H]3CNC(C(=O)N4CCC(C(C)(C)N)C4)C3)[C@H](C)[C@H]12. The maximum absolute atomic E-state index is 13.2. The number of tetrazole rings is 1. The van der Waals surface area contributed by atoms with Crippen molar-refractivity contribution in [3.8, 4) is 0 Å². The predicted molar refractivity (Wildman–Crippen MR) is 145 cm³/mol. The standard InChI is InChI=1S/C26H38N8O5S/c1-13(7-16(35)11-33-12-29-30-31-33)19-20-14(2)22(21(25(38)39)34(20)24(19)37)40-17-8-18(28-9-17)23(36)32-6-5-15(10-32)26(3,4)27/h12-15,17-20,28H,5-11,27H2,1-4H3,(H,38,39)/t13-,14+,15?,17-,18?,19+,20+/m0/s1. The number of hydrogen-bond donors (Lipinski definition) is 3. The van der Waals surface area contributed by atoms with Crippen molar-refractivity contribution in [1.82, 2.24) is 35.3 Å². The van der Waals surface area contributed by atoms with Gasteiger partial charge in [-0.25, -0.2) is 9.48 Å². The highest BCUT2D eigenvalue weighted by atomic mass is 32.2. The van der Waals surface area contributed by atoms with Crippen molar-refractivity contribution in [2.45, 2.75) is 76.4 Å². The van der Waals surface area contributed by atoms with Crippen molar-refractivity contribution in [3.63, 3.8) is 0 Å². The molecule has 0 saturated carbocycles. The van der Waals surface area contributed by atoms with E-state index in [0.29, 0.717) is 31.0 Å². The highest BCUT2D eigenvalue weighted by Crippen LogP contribution is 2.53. The van der Waals surface area contributed by atoms with Crippen molar-refractivity contribution in [2.75, 3.05) is 19.6 Å². The molecule has 0 spiro atoms. The van der Waals surface area contributed by atoms with Crippen LogP contribution in [0.3, 0.4) is 0 Å². The number of carbonyl (C=O) groups is 4. The summed E-state index contributed by atoms with van der Waals surface area (Å²) in [5.74, 6) is -2.02. The van der Waals surface area contributed by atoms with Gasteiger partial charge in [0.15, 0.2) is 5.78 Å². The summed E-state index contributed by atoms with van der Waals surface area (Å²) in [4.78, 5) is 55.3. The van der Waals surface area contributed by atoms with Crippen LogP contribution in [-0.2, 0) is 25.7 Å². The number of nitrogens with zero attached hydrogens (tertiary/aromatic N) is 6. The maximum atomic E-state index is 13.2. The number of β-lactam (4-membered cyclic amide) rings is 1. The number of carbonyl (C=O) groups excluding carboxylic acids is 3. The van der Waals surface area contributed by atoms with Crippen LogP contribution in [0.15, 0.2) is 16.9 Å². The number of fused-ring (bicyclic) bond motifs is 1. The Hall–Kier alpha value is -2.84. The third-order valence-electron chi connectivity index (χ3n) is 8.92. The fourth-order valence-electron chi connectivity index (χ4n) is 6.70. The van der Waals surface area contributed by atoms with Gasteiger partial charge in [0.05, 0.1) is 18.0 Å². The van der Waals surface area contributed by atoms with Gasteiger partial charge in [0.2, 0.25) is 11.8 Å². The number of amides is 2. The summed E-state index contributed by atoms with van der Waals surface area (Å²) in [6.45, 7) is 9.76. The van der Waals surface area contributed by atoms with Gasteiger partial charge in [-0.3, -0.25) is 14.4 Å². The number of aromatic nitrogens is 4. The van der Waals surface area contributed by atoms with Crippen LogP contribution in [0.25, 0.3) is 0 Å². The van der Waals surface area contributed by atoms with Crippen molar-refractivity contribution in [2.24, 2.45) is 29.4 Å². The molecule has 2 amide bonds. The molecule has 14 heteroatoms. The van der Waals surface area contributed by atoms with Crippen LogP contribution in [-0.4, -0.2) is 101 Å². The molecule has 4 N–H and O–H groups in total. The minimum atomic E-state index is -1.13. The van der Waals surface area contributed by atoms with Crippen LogP contribution in [0.5, 0.6) is 0 Å². The molecule has 1 aromatic heterocycles. The number of aliphatic carboxylic acids is 1. The Morgan fingerprint density at radius 2 is 2.08 bits per heavy atom. The average Bonchev–Trinajstić information content (AvgIpc) is 3.66. The highest BCUT2D eigenvalue weighted by Gasteiger charge is 2.60. The van der Waals surface area contributed by atoms with E-state index in [2.05, 4.69) is 20.8 Å². The van der Waals surface area contributed by atoms with Crippen LogP contribution in [0.1, 0.15) is 47.0 Å². The van der Waals surface area contributed by atoms with Crippen LogP contribution in [0.4, 0.5) is 0 Å². The number of carboxylic acids is 1. The van der Waals surface area contributed by atoms with Gasteiger partial charge in [-0.05, 0) is 49.0 Å². The van der Waals surface area contributed by atoms with Gasteiger partial charge < -0.3 is 26.0 Å². The maximum Gasteiger partial charge on any atom is 0.353 e. The largest absolute Gasteiger partial charge is 0.477 e. The average molecular weight is 575 g/mol. The lowest BCUT2D eigenvalue weighted by molar-refractivity contribution is -0.160. The molecule has 5 heterocycles. The minimum absolute atomic E-state index is 0.00708. The summed E-state index contributed by atoms with van der Waals surface area (Å²) in [5.41, 5.74) is 5.98. The van der Waals surface area contributed by atoms with Crippen LogP contribution in [0.2, 0.25) is 0 Å². The quantitative estimate of drug-likeness (QED) is 0.323. The van der Waals surface area contributed by atoms with E-state index < -0.39 is 11.9 Å². The number of nitrogens with two attached hydrogens (primary N) is 1. The molecule has 218 valence electrons. The van der Waals surface area contributed by atoms with Crippen LogP contribution >= 0.6 is 11.8 Å². The molecule has 3 fully saturated rings. The third kappa shape index (κ3) is 5.28. The molecule has 0 aliphatic carbocycles. The Morgan fingerprint density at radius 3 is 2.70 bits per heavy atom. The first kappa shape index (κ1) is 28.7. The second-order valence-electron chi connectivity index (χ2n) is 12.3. The van der Waals surface area contributed by atoms with Crippen molar-refractivity contribution in [1.29, 1.82) is 0 Å². The number of likely N-dealkylation sites (tertiary alicyclic amines) is 1. The van der Waals surface area contributed by atoms with E-state index in [-0.39, 0.29) is 76.9 Å². The molecule has 7 atom stereocenters. The zero-order chi connectivity index (χ0) is 28.9. The van der Waals surface area contributed by atoms with Gasteiger partial charge in [-0.2, -0.15) is 0 Å². The third-order valence-corrected chi connectivity index (χ3v) is 10.4. The zero-order valence-corrected chi connectivity index (χ0v) is 24.1. The van der Waals surface area contributed by atoms with E-state index in [4.69, 9.17) is 5.73 Å². The normalized spacial score (nSPS) is 31.0. The molecule has 4 aliphatic heterocycles. The lowest BCUT2D eigenvalue weighted by Crippen LogP contribution is -2.62. The van der Waals surface area contributed by atoms with Crippen LogP contribution in [0, 0.1) is 23.7 Å². The van der Waals surface area contributed by atoms with Crippen molar-refractivity contribution in [3.05, 3.63) is 16.9 Å². The molecule has 3 saturated heterocycles. The molecule has 5 rings (SSSR count). The summed E-state index contributed by atoms with van der Waals surface area (Å²) < 4.78 is 1.34. The molecule has 13 nitrogen and oxygen atoms in total. The fraction of sp³-hybridized carbons (Fsp3) is 0.731. The predicted octanol–water partition coefficient (Wildman–Crippen LogP) is 0.0908. The first-order valence-corrected chi connectivity index (χ1v) is 14.8. The number of rotatable bonds is 10. The summed E-state index contributed by atoms with van der Waals surface area (Å²) in [6, 6.07) is -0.620. The van der Waals surface area contributed by atoms with E-state index in [1.165, 1.54) is 27.7 Å². The number of nitrogens with one attached hydrogen (secondary N) is 1. The molecule has 1 aromatic rings. The molecule has 40 heavy (non-hydrogen) atoms. The Bertz CT molecular complexity index is 1210. The Labute approximate surface area is 237 Å². The van der Waals surface area contributed by atoms with E-state index in [0.717, 1.165) is 6.42 Å². The molecule has 2 unspecified atom stereocenters. The fourth-order valence-corrected chi connectivity index (χ4v) is 8.18. The van der Waals surface area contributed by atoms with E-state index >= 15 is 0 Å². The number of Topliss-reactive ketones (excluding diaryl/α,β-unsaturated/α-hetero) is 1. The number of ketones is 1. The minimum Gasteiger partial charge on any atom is -0.477 e. The Morgan fingerprint density at radius 1 is 1.32 bits per heavy atom. The molecular formula is C26H38N8O5S. The van der Waals surface area contributed by atoms with E-state index in [1.54, 1.807) is 0 Å². The molecule has 0 aromatic carbocycles. The van der Waals surface area contributed by atoms with Gasteiger partial charge in [0, 0.05) is 47.7 Å². The molecule has 0 bridgehead atoms. The van der Waals surface area contributed by atoms with Crippen molar-refractivity contribution < 1.29 is 24.3 Å². The summed E-state index contributed by atoms with van der Waals surface area (Å²) in [7, 11) is 0. The number of carboxylic acid groups (broad SMARTS) is 1. The second kappa shape index (κ2) is 10.9. The van der Waals surface area contributed by atoms with Gasteiger partial charge in [0.1, 0.15) is 18.6 Å². The van der Waals surface area contributed by atoms with Gasteiger partial charge in [-0.15, -0.1) is 16.9 Å². The number of hydrogen-bond acceptors (Lipinski definition) is 10. The van der Waals surface area contributed by atoms with Crippen LogP contribution < -0.4 is 11.1 Å². The summed E-state index contributed by atoms with van der Waals surface area (Å²) >= 11 is 1.47. The lowest BCUT2D eigenvalue weighted by Gasteiger charge is -2.47. The molecule has 4 aliphatic rings. The van der Waals surface area contributed by atoms with Gasteiger partial charge in [0.25, 0.3) is 0 Å². The monoisotopic (exact) mass is 574 g/mol. The first-order chi connectivity index (χ1) is 18.9.